The van der Waals surface area contributed by atoms with E-state index in [9.17, 15) is 9.90 Å². The highest BCUT2D eigenvalue weighted by Crippen LogP contribution is 2.24. The van der Waals surface area contributed by atoms with Crippen molar-refractivity contribution in [1.82, 2.24) is 4.98 Å². The Morgan fingerprint density at radius 2 is 2.06 bits per heavy atom. The smallest absolute Gasteiger partial charge is 0.340 e. The molecule has 0 radical (unpaired) electrons. The molecular weight excluding hydrogens is 218 g/mol. The first-order valence-electron chi connectivity index (χ1n) is 5.40. The van der Waals surface area contributed by atoms with Crippen LogP contribution in [0.25, 0.3) is 10.9 Å². The van der Waals surface area contributed by atoms with E-state index in [0.717, 1.165) is 5.39 Å². The zero-order valence-electron chi connectivity index (χ0n) is 10.1. The Kier molecular flexibility index (Phi) is 2.58. The van der Waals surface area contributed by atoms with Gasteiger partial charge in [0.05, 0.1) is 5.56 Å². The fourth-order valence-corrected chi connectivity index (χ4v) is 1.62. The van der Waals surface area contributed by atoms with Gasteiger partial charge in [0.15, 0.2) is 0 Å². The van der Waals surface area contributed by atoms with Gasteiger partial charge >= 0.3 is 5.97 Å². The molecule has 0 saturated heterocycles. The summed E-state index contributed by atoms with van der Waals surface area (Å²) in [6.07, 6.45) is 1.60. The fourth-order valence-electron chi connectivity index (χ4n) is 1.62. The summed E-state index contributed by atoms with van der Waals surface area (Å²) in [6, 6.07) is 4.81. The predicted molar refractivity (Wildman–Crippen MR) is 65.1 cm³/mol. The number of phenols is 1. The van der Waals surface area contributed by atoms with E-state index in [4.69, 9.17) is 4.74 Å². The van der Waals surface area contributed by atoms with E-state index in [1.165, 1.54) is 0 Å². The van der Waals surface area contributed by atoms with Crippen molar-refractivity contribution in [3.8, 4) is 5.75 Å². The molecule has 17 heavy (non-hydrogen) atoms. The van der Waals surface area contributed by atoms with Crippen LogP contribution in [0, 0.1) is 0 Å². The Balaban J connectivity index is 2.40. The number of benzene rings is 1. The van der Waals surface area contributed by atoms with E-state index < -0.39 is 5.60 Å². The van der Waals surface area contributed by atoms with Crippen LogP contribution in [0.3, 0.4) is 0 Å². The van der Waals surface area contributed by atoms with Gasteiger partial charge in [0.25, 0.3) is 0 Å². The third kappa shape index (κ3) is 2.41. The molecule has 2 aromatic rings. The molecule has 1 aromatic heterocycles. The highest BCUT2D eigenvalue weighted by molar-refractivity contribution is 6.04. The molecule has 0 fully saturated rings. The zero-order valence-corrected chi connectivity index (χ0v) is 10.1. The van der Waals surface area contributed by atoms with Gasteiger partial charge in [-0.3, -0.25) is 0 Å². The Hall–Kier alpha value is -1.97. The second kappa shape index (κ2) is 3.80. The van der Waals surface area contributed by atoms with Crippen LogP contribution in [-0.2, 0) is 4.74 Å². The van der Waals surface area contributed by atoms with E-state index in [0.29, 0.717) is 11.1 Å². The number of phenolic OH excluding ortho intramolecular Hbond substituents is 1. The maximum Gasteiger partial charge on any atom is 0.340 e. The summed E-state index contributed by atoms with van der Waals surface area (Å²) in [5.41, 5.74) is 0.679. The summed E-state index contributed by atoms with van der Waals surface area (Å²) in [7, 11) is 0. The summed E-state index contributed by atoms with van der Waals surface area (Å²) in [4.78, 5) is 14.9. The first kappa shape index (κ1) is 11.5. The van der Waals surface area contributed by atoms with Crippen LogP contribution >= 0.6 is 0 Å². The molecule has 90 valence electrons. The molecule has 1 heterocycles. The number of esters is 1. The maximum atomic E-state index is 11.9. The summed E-state index contributed by atoms with van der Waals surface area (Å²) < 4.78 is 5.30. The standard InChI is InChI=1S/C13H15NO3/c1-13(2,3)17-12(16)10-7-14-11-6-8(15)4-5-9(10)11/h4-7,14-15H,1-3H3. The monoisotopic (exact) mass is 233 g/mol. The molecule has 0 aliphatic heterocycles. The zero-order chi connectivity index (χ0) is 12.6. The Labute approximate surface area is 99.2 Å². The maximum absolute atomic E-state index is 11.9. The molecule has 2 rings (SSSR count). The number of aromatic nitrogens is 1. The summed E-state index contributed by atoms with van der Waals surface area (Å²) in [5.74, 6) is -0.204. The number of carbonyl (C=O) groups excluding carboxylic acids is 1. The van der Waals surface area contributed by atoms with Crippen LogP contribution in [0.1, 0.15) is 31.1 Å². The van der Waals surface area contributed by atoms with Crippen LogP contribution in [0.4, 0.5) is 0 Å². The lowest BCUT2D eigenvalue weighted by Gasteiger charge is -2.19. The van der Waals surface area contributed by atoms with Gasteiger partial charge in [-0.05, 0) is 32.9 Å². The average Bonchev–Trinajstić information content (AvgIpc) is 2.57. The van der Waals surface area contributed by atoms with E-state index in [1.807, 2.05) is 20.8 Å². The molecule has 0 atom stereocenters. The molecule has 4 nitrogen and oxygen atoms in total. The lowest BCUT2D eigenvalue weighted by atomic mass is 10.1. The molecule has 0 spiro atoms. The van der Waals surface area contributed by atoms with Crippen molar-refractivity contribution >= 4 is 16.9 Å². The first-order chi connectivity index (χ1) is 7.87. The molecule has 0 aliphatic carbocycles. The molecule has 1 aromatic carbocycles. The highest BCUT2D eigenvalue weighted by Gasteiger charge is 2.20. The second-order valence-corrected chi connectivity index (χ2v) is 4.93. The minimum atomic E-state index is -0.516. The molecule has 0 amide bonds. The molecule has 0 bridgehead atoms. The van der Waals surface area contributed by atoms with E-state index in [1.54, 1.807) is 24.4 Å². The van der Waals surface area contributed by atoms with Crippen LogP contribution in [-0.4, -0.2) is 21.7 Å². The number of H-pyrrole nitrogens is 1. The average molecular weight is 233 g/mol. The summed E-state index contributed by atoms with van der Waals surface area (Å²) >= 11 is 0. The van der Waals surface area contributed by atoms with Crippen LogP contribution in [0.5, 0.6) is 5.75 Å². The number of ether oxygens (including phenoxy) is 1. The minimum Gasteiger partial charge on any atom is -0.508 e. The Morgan fingerprint density at radius 3 is 2.71 bits per heavy atom. The topological polar surface area (TPSA) is 62.3 Å². The van der Waals surface area contributed by atoms with E-state index in [2.05, 4.69) is 4.98 Å². The van der Waals surface area contributed by atoms with Gasteiger partial charge in [-0.25, -0.2) is 4.79 Å². The molecule has 0 saturated carbocycles. The minimum absolute atomic E-state index is 0.162. The number of fused-ring (bicyclic) bond motifs is 1. The van der Waals surface area contributed by atoms with Gasteiger partial charge in [-0.15, -0.1) is 0 Å². The number of rotatable bonds is 1. The SMILES string of the molecule is CC(C)(C)OC(=O)c1c[nH]c2cc(O)ccc12. The molecule has 0 unspecified atom stereocenters. The van der Waals surface area contributed by atoms with Crippen LogP contribution in [0.2, 0.25) is 0 Å². The fraction of sp³-hybridized carbons (Fsp3) is 0.308. The number of aromatic hydroxyl groups is 1. The number of hydrogen-bond acceptors (Lipinski definition) is 3. The molecule has 4 heteroatoms. The molecular formula is C13H15NO3. The molecule has 2 N–H and O–H groups in total. The lowest BCUT2D eigenvalue weighted by Crippen LogP contribution is -2.23. The first-order valence-corrected chi connectivity index (χ1v) is 5.40. The van der Waals surface area contributed by atoms with Gasteiger partial charge in [0.2, 0.25) is 0 Å². The number of hydrogen-bond donors (Lipinski definition) is 2. The third-order valence-corrected chi connectivity index (χ3v) is 2.28. The Bertz CT molecular complexity index is 564. The van der Waals surface area contributed by atoms with Gasteiger partial charge in [0.1, 0.15) is 11.4 Å². The number of aromatic amines is 1. The van der Waals surface area contributed by atoms with Crippen molar-refractivity contribution in [2.45, 2.75) is 26.4 Å². The second-order valence-electron chi connectivity index (χ2n) is 4.93. The quantitative estimate of drug-likeness (QED) is 0.744. The summed E-state index contributed by atoms with van der Waals surface area (Å²) in [6.45, 7) is 5.47. The van der Waals surface area contributed by atoms with Crippen molar-refractivity contribution in [3.63, 3.8) is 0 Å². The van der Waals surface area contributed by atoms with Crippen molar-refractivity contribution in [1.29, 1.82) is 0 Å². The Morgan fingerprint density at radius 1 is 1.35 bits per heavy atom. The highest BCUT2D eigenvalue weighted by atomic mass is 16.6. The van der Waals surface area contributed by atoms with Gasteiger partial charge < -0.3 is 14.8 Å². The lowest BCUT2D eigenvalue weighted by molar-refractivity contribution is 0.00719. The normalized spacial score (nSPS) is 11.7. The number of nitrogens with one attached hydrogen (secondary N) is 1. The van der Waals surface area contributed by atoms with Crippen LogP contribution in [0.15, 0.2) is 24.4 Å². The van der Waals surface area contributed by atoms with Crippen molar-refractivity contribution in [2.75, 3.05) is 0 Å². The van der Waals surface area contributed by atoms with Crippen molar-refractivity contribution < 1.29 is 14.6 Å². The van der Waals surface area contributed by atoms with Crippen LogP contribution < -0.4 is 0 Å². The van der Waals surface area contributed by atoms with Gasteiger partial charge in [0, 0.05) is 23.2 Å². The largest absolute Gasteiger partial charge is 0.508 e. The van der Waals surface area contributed by atoms with Gasteiger partial charge in [-0.1, -0.05) is 0 Å². The summed E-state index contributed by atoms with van der Waals surface area (Å²) in [5, 5.41) is 10.1. The van der Waals surface area contributed by atoms with E-state index >= 15 is 0 Å². The van der Waals surface area contributed by atoms with Crippen molar-refractivity contribution in [3.05, 3.63) is 30.0 Å². The predicted octanol–water partition coefficient (Wildman–Crippen LogP) is 2.83. The van der Waals surface area contributed by atoms with Gasteiger partial charge in [-0.2, -0.15) is 0 Å². The third-order valence-electron chi connectivity index (χ3n) is 2.28. The van der Waals surface area contributed by atoms with E-state index in [-0.39, 0.29) is 11.7 Å². The molecule has 0 aliphatic rings. The number of carbonyl (C=O) groups is 1. The van der Waals surface area contributed by atoms with Crippen molar-refractivity contribution in [2.24, 2.45) is 0 Å².